The average molecular weight is 350 g/mol. The fourth-order valence-corrected chi connectivity index (χ4v) is 2.67. The van der Waals surface area contributed by atoms with Gasteiger partial charge in [-0.3, -0.25) is 0 Å². The molecule has 1 aromatic carbocycles. The molecule has 0 unspecified atom stereocenters. The predicted octanol–water partition coefficient (Wildman–Crippen LogP) is 4.83. The first-order chi connectivity index (χ1) is 9.81. The molecule has 0 aliphatic heterocycles. The fraction of sp³-hybridized carbons (Fsp3) is 0.0833. The zero-order valence-corrected chi connectivity index (χ0v) is 12.3. The van der Waals surface area contributed by atoms with Gasteiger partial charge in [-0.1, -0.05) is 23.4 Å². The van der Waals surface area contributed by atoms with Crippen LogP contribution in [0.15, 0.2) is 34.2 Å². The normalized spacial score (nSPS) is 11.2. The fourth-order valence-electron chi connectivity index (χ4n) is 1.44. The number of benzene rings is 1. The van der Waals surface area contributed by atoms with E-state index in [4.69, 9.17) is 28.5 Å². The first kappa shape index (κ1) is 15.9. The molecule has 1 aromatic heterocycles. The molecule has 3 nitrogen and oxygen atoms in total. The van der Waals surface area contributed by atoms with E-state index < -0.39 is 17.3 Å². The molecule has 0 saturated heterocycles. The van der Waals surface area contributed by atoms with Crippen molar-refractivity contribution in [3.8, 4) is 6.07 Å². The van der Waals surface area contributed by atoms with Crippen molar-refractivity contribution in [3.05, 3.63) is 46.0 Å². The van der Waals surface area contributed by atoms with Crippen LogP contribution >= 0.6 is 35.0 Å². The second-order valence-electron chi connectivity index (χ2n) is 3.71. The average Bonchev–Trinajstić information content (AvgIpc) is 2.41. The standard InChI is InChI=1S/C12H4Cl2F3N3S/c13-10-9(5-19-11(14)20-10)21-7-2-1-6(4-18)8(3-7)12(15,16)17/h1-3,5H. The van der Waals surface area contributed by atoms with Gasteiger partial charge in [0.1, 0.15) is 5.15 Å². The van der Waals surface area contributed by atoms with Crippen LogP contribution in [-0.2, 0) is 6.18 Å². The molecular formula is C12H4Cl2F3N3S. The third kappa shape index (κ3) is 3.79. The number of nitriles is 1. The molecule has 0 fully saturated rings. The van der Waals surface area contributed by atoms with Crippen LogP contribution in [0.2, 0.25) is 10.4 Å². The lowest BCUT2D eigenvalue weighted by Crippen LogP contribution is -2.07. The minimum atomic E-state index is -4.61. The first-order valence-corrected chi connectivity index (χ1v) is 6.85. The maximum atomic E-state index is 12.9. The number of nitrogens with zero attached hydrogens (tertiary/aromatic N) is 3. The van der Waals surface area contributed by atoms with Gasteiger partial charge in [0.15, 0.2) is 0 Å². The third-order valence-corrected chi connectivity index (χ3v) is 3.92. The molecule has 0 saturated carbocycles. The van der Waals surface area contributed by atoms with E-state index in [0.29, 0.717) is 4.90 Å². The van der Waals surface area contributed by atoms with Crippen molar-refractivity contribution in [1.29, 1.82) is 5.26 Å². The summed E-state index contributed by atoms with van der Waals surface area (Å²) in [6, 6.07) is 4.90. The van der Waals surface area contributed by atoms with Crippen LogP contribution < -0.4 is 0 Å². The summed E-state index contributed by atoms with van der Waals surface area (Å²) in [5.41, 5.74) is -1.44. The van der Waals surface area contributed by atoms with Gasteiger partial charge in [0.25, 0.3) is 0 Å². The van der Waals surface area contributed by atoms with Crippen molar-refractivity contribution in [2.75, 3.05) is 0 Å². The molecule has 0 bridgehead atoms. The summed E-state index contributed by atoms with van der Waals surface area (Å²) in [5.74, 6) is 0. The largest absolute Gasteiger partial charge is 0.417 e. The van der Waals surface area contributed by atoms with Gasteiger partial charge in [0, 0.05) is 11.1 Å². The Morgan fingerprint density at radius 2 is 1.95 bits per heavy atom. The SMILES string of the molecule is N#Cc1ccc(Sc2cnc(Cl)nc2Cl)cc1C(F)(F)F. The van der Waals surface area contributed by atoms with Gasteiger partial charge in [-0.15, -0.1) is 0 Å². The van der Waals surface area contributed by atoms with E-state index in [1.54, 1.807) is 0 Å². The maximum Gasteiger partial charge on any atom is 0.417 e. The number of alkyl halides is 3. The smallest absolute Gasteiger partial charge is 0.225 e. The molecule has 0 N–H and O–H groups in total. The van der Waals surface area contributed by atoms with Crippen LogP contribution in [0.1, 0.15) is 11.1 Å². The summed E-state index contributed by atoms with van der Waals surface area (Å²) in [4.78, 5) is 8.03. The lowest BCUT2D eigenvalue weighted by Gasteiger charge is -2.10. The molecule has 21 heavy (non-hydrogen) atoms. The van der Waals surface area contributed by atoms with Crippen molar-refractivity contribution in [2.24, 2.45) is 0 Å². The molecule has 108 valence electrons. The van der Waals surface area contributed by atoms with Crippen LogP contribution in [0.3, 0.4) is 0 Å². The Labute approximate surface area is 131 Å². The Kier molecular flexibility index (Phi) is 4.61. The summed E-state index contributed by atoms with van der Waals surface area (Å²) in [5, 5.41) is 8.71. The Balaban J connectivity index is 2.40. The maximum absolute atomic E-state index is 12.9. The molecule has 0 aliphatic rings. The lowest BCUT2D eigenvalue weighted by atomic mass is 10.1. The minimum absolute atomic E-state index is 0.0397. The van der Waals surface area contributed by atoms with Crippen molar-refractivity contribution in [1.82, 2.24) is 9.97 Å². The molecule has 1 heterocycles. The van der Waals surface area contributed by atoms with E-state index in [1.165, 1.54) is 18.3 Å². The quantitative estimate of drug-likeness (QED) is 0.575. The second kappa shape index (κ2) is 6.10. The van der Waals surface area contributed by atoms with Crippen LogP contribution in [0.5, 0.6) is 0 Å². The summed E-state index contributed by atoms with van der Waals surface area (Å²) < 4.78 is 38.6. The lowest BCUT2D eigenvalue weighted by molar-refractivity contribution is -0.137. The molecule has 9 heteroatoms. The van der Waals surface area contributed by atoms with Crippen LogP contribution in [0, 0.1) is 11.3 Å². The number of hydrogen-bond acceptors (Lipinski definition) is 4. The van der Waals surface area contributed by atoms with E-state index in [0.717, 1.165) is 23.9 Å². The monoisotopic (exact) mass is 349 g/mol. The van der Waals surface area contributed by atoms with Crippen molar-refractivity contribution >= 4 is 35.0 Å². The molecule has 0 atom stereocenters. The van der Waals surface area contributed by atoms with E-state index in [9.17, 15) is 13.2 Å². The number of aromatic nitrogens is 2. The molecule has 0 amide bonds. The van der Waals surface area contributed by atoms with Crippen molar-refractivity contribution in [2.45, 2.75) is 16.0 Å². The van der Waals surface area contributed by atoms with Crippen molar-refractivity contribution in [3.63, 3.8) is 0 Å². The highest BCUT2D eigenvalue weighted by Gasteiger charge is 2.33. The highest BCUT2D eigenvalue weighted by atomic mass is 35.5. The van der Waals surface area contributed by atoms with E-state index in [2.05, 4.69) is 9.97 Å². The Bertz CT molecular complexity index is 729. The number of hydrogen-bond donors (Lipinski definition) is 0. The van der Waals surface area contributed by atoms with E-state index in [-0.39, 0.29) is 15.3 Å². The van der Waals surface area contributed by atoms with Crippen LogP contribution in [0.25, 0.3) is 0 Å². The predicted molar refractivity (Wildman–Crippen MR) is 72.3 cm³/mol. The van der Waals surface area contributed by atoms with Crippen LogP contribution in [-0.4, -0.2) is 9.97 Å². The first-order valence-electron chi connectivity index (χ1n) is 5.28. The summed E-state index contributed by atoms with van der Waals surface area (Å²) in [7, 11) is 0. The molecular weight excluding hydrogens is 346 g/mol. The van der Waals surface area contributed by atoms with Gasteiger partial charge in [0.05, 0.1) is 22.1 Å². The van der Waals surface area contributed by atoms with Gasteiger partial charge < -0.3 is 0 Å². The van der Waals surface area contributed by atoms with Gasteiger partial charge in [0.2, 0.25) is 5.28 Å². The number of halogens is 5. The minimum Gasteiger partial charge on any atom is -0.225 e. The molecule has 2 rings (SSSR count). The zero-order chi connectivity index (χ0) is 15.6. The summed E-state index contributed by atoms with van der Waals surface area (Å²) in [6.07, 6.45) is -3.30. The zero-order valence-electron chi connectivity index (χ0n) is 9.95. The van der Waals surface area contributed by atoms with Crippen molar-refractivity contribution < 1.29 is 13.2 Å². The molecule has 0 aliphatic carbocycles. The van der Waals surface area contributed by atoms with Gasteiger partial charge in [-0.25, -0.2) is 9.97 Å². The van der Waals surface area contributed by atoms with Gasteiger partial charge >= 0.3 is 6.18 Å². The number of rotatable bonds is 2. The van der Waals surface area contributed by atoms with Gasteiger partial charge in [-0.2, -0.15) is 18.4 Å². The summed E-state index contributed by atoms with van der Waals surface area (Å²) in [6.45, 7) is 0. The van der Waals surface area contributed by atoms with E-state index >= 15 is 0 Å². The van der Waals surface area contributed by atoms with E-state index in [1.807, 2.05) is 0 Å². The molecule has 0 radical (unpaired) electrons. The van der Waals surface area contributed by atoms with Gasteiger partial charge in [-0.05, 0) is 29.8 Å². The summed E-state index contributed by atoms with van der Waals surface area (Å²) >= 11 is 12.3. The highest BCUT2D eigenvalue weighted by molar-refractivity contribution is 7.99. The van der Waals surface area contributed by atoms with Crippen LogP contribution in [0.4, 0.5) is 13.2 Å². The molecule has 0 spiro atoms. The Morgan fingerprint density at radius 1 is 1.24 bits per heavy atom. The Hall–Kier alpha value is -1.49. The Morgan fingerprint density at radius 3 is 2.52 bits per heavy atom. The second-order valence-corrected chi connectivity index (χ2v) is 5.52. The molecule has 2 aromatic rings. The third-order valence-electron chi connectivity index (χ3n) is 2.33. The topological polar surface area (TPSA) is 49.6 Å². The highest BCUT2D eigenvalue weighted by Crippen LogP contribution is 2.37.